The number of nitrogens with one attached hydrogen (secondary N) is 2. The lowest BCUT2D eigenvalue weighted by atomic mass is 10.1. The summed E-state index contributed by atoms with van der Waals surface area (Å²) in [5, 5.41) is 3.30. The molecule has 144 valence electrons. The molecule has 2 aromatic carbocycles. The lowest BCUT2D eigenvalue weighted by Gasteiger charge is -2.36. The summed E-state index contributed by atoms with van der Waals surface area (Å²) in [5.74, 6) is -1.95. The Hall–Kier alpha value is -2.23. The minimum atomic E-state index is -3.77. The van der Waals surface area contributed by atoms with E-state index in [2.05, 4.69) is 14.9 Å². The Kier molecular flexibility index (Phi) is 4.75. The number of hydrogen-bond acceptors (Lipinski definition) is 4. The maximum Gasteiger partial charge on any atom is 0.302 e. The Bertz CT molecular complexity index is 962. The highest BCUT2D eigenvalue weighted by Crippen LogP contribution is 2.35. The number of fused-ring (bicyclic) bond motifs is 1. The number of piperazine rings is 1. The second-order valence-corrected chi connectivity index (χ2v) is 8.27. The van der Waals surface area contributed by atoms with Gasteiger partial charge in [0, 0.05) is 44.0 Å². The highest BCUT2D eigenvalue weighted by molar-refractivity contribution is 7.90. The van der Waals surface area contributed by atoms with Gasteiger partial charge in [0.15, 0.2) is 11.6 Å². The predicted octanol–water partition coefficient (Wildman–Crippen LogP) is 1.73. The molecule has 0 atom stereocenters. The lowest BCUT2D eigenvalue weighted by Crippen LogP contribution is -2.47. The first-order chi connectivity index (χ1) is 13.0. The van der Waals surface area contributed by atoms with Crippen LogP contribution in [0.5, 0.6) is 0 Å². The van der Waals surface area contributed by atoms with E-state index < -0.39 is 21.8 Å². The highest BCUT2D eigenvalue weighted by Gasteiger charge is 2.32. The zero-order valence-corrected chi connectivity index (χ0v) is 15.4. The molecule has 2 heterocycles. The molecule has 2 N–H and O–H groups in total. The van der Waals surface area contributed by atoms with Crippen LogP contribution in [0.4, 0.5) is 20.2 Å². The molecule has 4 rings (SSSR count). The van der Waals surface area contributed by atoms with E-state index in [1.807, 2.05) is 12.1 Å². The topological polar surface area (TPSA) is 64.7 Å². The van der Waals surface area contributed by atoms with E-state index in [1.165, 1.54) is 10.4 Å². The van der Waals surface area contributed by atoms with Crippen molar-refractivity contribution in [1.82, 2.24) is 10.0 Å². The van der Waals surface area contributed by atoms with E-state index in [1.54, 1.807) is 6.07 Å². The van der Waals surface area contributed by atoms with Crippen molar-refractivity contribution in [3.63, 3.8) is 0 Å². The first-order valence-electron chi connectivity index (χ1n) is 8.74. The molecule has 2 aliphatic rings. The Morgan fingerprint density at radius 3 is 2.48 bits per heavy atom. The van der Waals surface area contributed by atoms with Crippen LogP contribution in [0.2, 0.25) is 0 Å². The van der Waals surface area contributed by atoms with E-state index in [9.17, 15) is 17.2 Å². The Morgan fingerprint density at radius 1 is 1.00 bits per heavy atom. The summed E-state index contributed by atoms with van der Waals surface area (Å²) in [6.45, 7) is 3.54. The van der Waals surface area contributed by atoms with Gasteiger partial charge in [0.1, 0.15) is 0 Å². The second kappa shape index (κ2) is 7.06. The SMILES string of the molecule is O=S1(=O)NCc2c(N3CCNCC3)cccc2N1Cc1ccc(F)c(F)c1. The first kappa shape index (κ1) is 18.1. The van der Waals surface area contributed by atoms with E-state index in [-0.39, 0.29) is 13.1 Å². The standard InChI is InChI=1S/C18H20F2N4O2S/c19-15-5-4-13(10-16(15)20)12-24-18-3-1-2-17(23-8-6-21-7-9-23)14(18)11-22-27(24,25)26/h1-5,10,21-22H,6-9,11-12H2. The minimum absolute atomic E-state index is 0.0788. The molecule has 0 radical (unpaired) electrons. The number of anilines is 2. The molecule has 1 fully saturated rings. The average molecular weight is 394 g/mol. The van der Waals surface area contributed by atoms with Gasteiger partial charge in [0.05, 0.1) is 12.2 Å². The third-order valence-corrected chi connectivity index (χ3v) is 6.30. The maximum atomic E-state index is 13.6. The number of rotatable bonds is 3. The van der Waals surface area contributed by atoms with Crippen LogP contribution in [0, 0.1) is 11.6 Å². The van der Waals surface area contributed by atoms with E-state index in [4.69, 9.17) is 0 Å². The third-order valence-electron chi connectivity index (χ3n) is 4.88. The molecular formula is C18H20F2N4O2S. The van der Waals surface area contributed by atoms with Crippen LogP contribution >= 0.6 is 0 Å². The van der Waals surface area contributed by atoms with Gasteiger partial charge in [-0.15, -0.1) is 0 Å². The molecule has 6 nitrogen and oxygen atoms in total. The van der Waals surface area contributed by atoms with Gasteiger partial charge in [-0.1, -0.05) is 12.1 Å². The fourth-order valence-electron chi connectivity index (χ4n) is 3.52. The van der Waals surface area contributed by atoms with Crippen LogP contribution in [0.15, 0.2) is 36.4 Å². The summed E-state index contributed by atoms with van der Waals surface area (Å²) in [6.07, 6.45) is 0. The average Bonchev–Trinajstić information content (AvgIpc) is 2.67. The molecule has 1 saturated heterocycles. The van der Waals surface area contributed by atoms with Crippen LogP contribution in [-0.2, 0) is 23.3 Å². The summed E-state index contributed by atoms with van der Waals surface area (Å²) in [4.78, 5) is 2.23. The van der Waals surface area contributed by atoms with Crippen molar-refractivity contribution in [1.29, 1.82) is 0 Å². The number of nitrogens with zero attached hydrogens (tertiary/aromatic N) is 2. The van der Waals surface area contributed by atoms with E-state index >= 15 is 0 Å². The van der Waals surface area contributed by atoms with Gasteiger partial charge >= 0.3 is 10.2 Å². The second-order valence-electron chi connectivity index (χ2n) is 6.59. The number of halogens is 2. The quantitative estimate of drug-likeness (QED) is 0.832. The highest BCUT2D eigenvalue weighted by atomic mass is 32.2. The zero-order chi connectivity index (χ0) is 19.0. The summed E-state index contributed by atoms with van der Waals surface area (Å²) in [6, 6.07) is 8.99. The zero-order valence-electron chi connectivity index (χ0n) is 14.6. The predicted molar refractivity (Wildman–Crippen MR) is 99.8 cm³/mol. The normalized spacial score (nSPS) is 19.0. The fraction of sp³-hybridized carbons (Fsp3) is 0.333. The molecule has 2 aromatic rings. The van der Waals surface area contributed by atoms with Crippen molar-refractivity contribution in [3.8, 4) is 0 Å². The van der Waals surface area contributed by atoms with Crippen LogP contribution in [0.1, 0.15) is 11.1 Å². The number of hydrogen-bond donors (Lipinski definition) is 2. The lowest BCUT2D eigenvalue weighted by molar-refractivity contribution is 0.507. The molecule has 0 bridgehead atoms. The number of benzene rings is 2. The Labute approximate surface area is 157 Å². The molecule has 27 heavy (non-hydrogen) atoms. The van der Waals surface area contributed by atoms with Gasteiger partial charge in [-0.05, 0) is 29.8 Å². The van der Waals surface area contributed by atoms with Gasteiger partial charge in [0.2, 0.25) is 0 Å². The monoisotopic (exact) mass is 394 g/mol. The van der Waals surface area contributed by atoms with Gasteiger partial charge < -0.3 is 10.2 Å². The van der Waals surface area contributed by atoms with Crippen LogP contribution in [0.3, 0.4) is 0 Å². The largest absolute Gasteiger partial charge is 0.369 e. The fourth-order valence-corrected chi connectivity index (χ4v) is 4.76. The van der Waals surface area contributed by atoms with Crippen molar-refractivity contribution in [3.05, 3.63) is 59.2 Å². The molecular weight excluding hydrogens is 374 g/mol. The van der Waals surface area contributed by atoms with Gasteiger partial charge in [-0.25, -0.2) is 8.78 Å². The Balaban J connectivity index is 1.73. The van der Waals surface area contributed by atoms with Crippen molar-refractivity contribution >= 4 is 21.6 Å². The van der Waals surface area contributed by atoms with Gasteiger partial charge in [-0.3, -0.25) is 4.31 Å². The van der Waals surface area contributed by atoms with Crippen molar-refractivity contribution in [2.45, 2.75) is 13.1 Å². The summed E-state index contributed by atoms with van der Waals surface area (Å²) >= 11 is 0. The van der Waals surface area contributed by atoms with Crippen molar-refractivity contribution in [2.75, 3.05) is 35.4 Å². The molecule has 2 aliphatic heterocycles. The molecule has 0 unspecified atom stereocenters. The van der Waals surface area contributed by atoms with Gasteiger partial charge in [-0.2, -0.15) is 13.1 Å². The molecule has 0 saturated carbocycles. The first-order valence-corrected chi connectivity index (χ1v) is 10.2. The minimum Gasteiger partial charge on any atom is -0.369 e. The van der Waals surface area contributed by atoms with Crippen LogP contribution < -0.4 is 19.2 Å². The summed E-state index contributed by atoms with van der Waals surface area (Å²) < 4.78 is 55.8. The van der Waals surface area contributed by atoms with Crippen LogP contribution in [-0.4, -0.2) is 34.6 Å². The Morgan fingerprint density at radius 2 is 1.74 bits per heavy atom. The molecule has 9 heteroatoms. The smallest absolute Gasteiger partial charge is 0.302 e. The summed E-state index contributed by atoms with van der Waals surface area (Å²) in [7, 11) is -3.77. The summed E-state index contributed by atoms with van der Waals surface area (Å²) in [5.41, 5.74) is 2.82. The third kappa shape index (κ3) is 3.50. The molecule has 0 aliphatic carbocycles. The van der Waals surface area contributed by atoms with Crippen molar-refractivity contribution < 1.29 is 17.2 Å². The van der Waals surface area contributed by atoms with Crippen LogP contribution in [0.25, 0.3) is 0 Å². The van der Waals surface area contributed by atoms with Crippen molar-refractivity contribution in [2.24, 2.45) is 0 Å². The van der Waals surface area contributed by atoms with Gasteiger partial charge in [0.25, 0.3) is 0 Å². The van der Waals surface area contributed by atoms with E-state index in [0.29, 0.717) is 11.3 Å². The molecule has 0 aromatic heterocycles. The maximum absolute atomic E-state index is 13.6. The molecule has 0 amide bonds. The molecule has 0 spiro atoms. The van der Waals surface area contributed by atoms with E-state index in [0.717, 1.165) is 49.6 Å².